The Kier molecular flexibility index (Phi) is 6.50. The molecule has 1 aromatic carbocycles. The fourth-order valence-electron chi connectivity index (χ4n) is 2.31. The van der Waals surface area contributed by atoms with Crippen LogP contribution in [0.15, 0.2) is 18.2 Å². The Morgan fingerprint density at radius 2 is 1.95 bits per heavy atom. The van der Waals surface area contributed by atoms with Crippen molar-refractivity contribution in [2.75, 3.05) is 20.8 Å². The van der Waals surface area contributed by atoms with Crippen molar-refractivity contribution in [3.63, 3.8) is 0 Å². The van der Waals surface area contributed by atoms with E-state index < -0.39 is 0 Å². The second-order valence-electron chi connectivity index (χ2n) is 5.83. The van der Waals surface area contributed by atoms with Crippen molar-refractivity contribution in [1.82, 2.24) is 5.32 Å². The van der Waals surface area contributed by atoms with E-state index >= 15 is 0 Å². The third kappa shape index (κ3) is 4.50. The first kappa shape index (κ1) is 17.0. The quantitative estimate of drug-likeness (QED) is 0.791. The largest absolute Gasteiger partial charge is 0.496 e. The normalized spacial score (nSPS) is 13.3. The highest BCUT2D eigenvalue weighted by molar-refractivity contribution is 5.37. The molecule has 0 spiro atoms. The van der Waals surface area contributed by atoms with Crippen molar-refractivity contribution in [2.45, 2.75) is 52.2 Å². The van der Waals surface area contributed by atoms with E-state index in [0.29, 0.717) is 0 Å². The van der Waals surface area contributed by atoms with Crippen LogP contribution in [0.5, 0.6) is 5.75 Å². The van der Waals surface area contributed by atoms with Gasteiger partial charge in [-0.15, -0.1) is 0 Å². The van der Waals surface area contributed by atoms with Crippen LogP contribution in [0.25, 0.3) is 0 Å². The number of aryl methyl sites for hydroxylation is 1. The van der Waals surface area contributed by atoms with Crippen LogP contribution in [0.2, 0.25) is 0 Å². The minimum Gasteiger partial charge on any atom is -0.496 e. The van der Waals surface area contributed by atoms with E-state index in [4.69, 9.17) is 9.47 Å². The molecule has 20 heavy (non-hydrogen) atoms. The van der Waals surface area contributed by atoms with Crippen LogP contribution in [0.1, 0.15) is 38.3 Å². The number of methoxy groups -OCH3 is 2. The molecule has 0 aromatic heterocycles. The summed E-state index contributed by atoms with van der Waals surface area (Å²) in [5.74, 6) is 0.950. The fourth-order valence-corrected chi connectivity index (χ4v) is 2.31. The van der Waals surface area contributed by atoms with Crippen LogP contribution in [0, 0.1) is 6.92 Å². The molecule has 0 aliphatic rings. The van der Waals surface area contributed by atoms with Crippen LogP contribution in [-0.2, 0) is 11.2 Å². The Balaban J connectivity index is 2.96. The fraction of sp³-hybridized carbons (Fsp3) is 0.647. The number of hydrogen-bond donors (Lipinski definition) is 1. The molecule has 0 aliphatic heterocycles. The maximum atomic E-state index is 5.67. The molecule has 0 saturated carbocycles. The predicted octanol–water partition coefficient (Wildman–Crippen LogP) is 3.34. The number of hydrogen-bond acceptors (Lipinski definition) is 3. The highest BCUT2D eigenvalue weighted by Crippen LogP contribution is 2.25. The van der Waals surface area contributed by atoms with Crippen LogP contribution < -0.4 is 10.1 Å². The molecule has 3 nitrogen and oxygen atoms in total. The lowest BCUT2D eigenvalue weighted by atomic mass is 9.91. The summed E-state index contributed by atoms with van der Waals surface area (Å²) in [6.45, 7) is 9.53. The molecular weight excluding hydrogens is 250 g/mol. The first-order valence-corrected chi connectivity index (χ1v) is 7.36. The SMILES string of the molecule is CCCNC(Cc1cc(C)ccc1OC)C(C)(C)OC. The summed E-state index contributed by atoms with van der Waals surface area (Å²) in [6, 6.07) is 6.58. The summed E-state index contributed by atoms with van der Waals surface area (Å²) in [4.78, 5) is 0. The maximum absolute atomic E-state index is 5.67. The Bertz CT molecular complexity index is 415. The lowest BCUT2D eigenvalue weighted by Crippen LogP contribution is -2.49. The summed E-state index contributed by atoms with van der Waals surface area (Å²) in [5.41, 5.74) is 2.26. The van der Waals surface area contributed by atoms with E-state index in [1.807, 2.05) is 6.07 Å². The van der Waals surface area contributed by atoms with Gasteiger partial charge in [-0.05, 0) is 51.8 Å². The third-order valence-electron chi connectivity index (χ3n) is 3.87. The summed E-state index contributed by atoms with van der Waals surface area (Å²) >= 11 is 0. The summed E-state index contributed by atoms with van der Waals surface area (Å²) in [6.07, 6.45) is 2.01. The van der Waals surface area contributed by atoms with Crippen LogP contribution >= 0.6 is 0 Å². The van der Waals surface area contributed by atoms with Gasteiger partial charge >= 0.3 is 0 Å². The van der Waals surface area contributed by atoms with E-state index in [9.17, 15) is 0 Å². The third-order valence-corrected chi connectivity index (χ3v) is 3.87. The van der Waals surface area contributed by atoms with Crippen LogP contribution in [0.4, 0.5) is 0 Å². The Hall–Kier alpha value is -1.06. The number of nitrogens with one attached hydrogen (secondary N) is 1. The van der Waals surface area contributed by atoms with Gasteiger partial charge in [0.1, 0.15) is 5.75 Å². The first-order valence-electron chi connectivity index (χ1n) is 7.36. The molecule has 1 atom stereocenters. The highest BCUT2D eigenvalue weighted by atomic mass is 16.5. The minimum atomic E-state index is -0.218. The van der Waals surface area contributed by atoms with Gasteiger partial charge in [0, 0.05) is 13.2 Å². The standard InChI is InChI=1S/C17H29NO2/c1-7-10-18-16(17(3,4)20-6)12-14-11-13(2)8-9-15(14)19-5/h8-9,11,16,18H,7,10,12H2,1-6H3. The summed E-state index contributed by atoms with van der Waals surface area (Å²) in [5, 5.41) is 3.60. The highest BCUT2D eigenvalue weighted by Gasteiger charge is 2.29. The van der Waals surface area contributed by atoms with Gasteiger partial charge in [-0.25, -0.2) is 0 Å². The Morgan fingerprint density at radius 3 is 2.50 bits per heavy atom. The van der Waals surface area contributed by atoms with Gasteiger partial charge in [-0.2, -0.15) is 0 Å². The lowest BCUT2D eigenvalue weighted by molar-refractivity contribution is -0.0101. The Labute approximate surface area is 123 Å². The van der Waals surface area contributed by atoms with Gasteiger partial charge in [0.25, 0.3) is 0 Å². The molecule has 1 rings (SSSR count). The van der Waals surface area contributed by atoms with Gasteiger partial charge in [-0.3, -0.25) is 0 Å². The smallest absolute Gasteiger partial charge is 0.122 e. The van der Waals surface area contributed by atoms with Crippen molar-refractivity contribution < 1.29 is 9.47 Å². The molecule has 0 aliphatic carbocycles. The van der Waals surface area contributed by atoms with Gasteiger partial charge in [-0.1, -0.05) is 24.6 Å². The molecule has 1 N–H and O–H groups in total. The minimum absolute atomic E-state index is 0.218. The molecule has 114 valence electrons. The molecule has 0 amide bonds. The number of benzene rings is 1. The van der Waals surface area contributed by atoms with E-state index in [1.165, 1.54) is 11.1 Å². The summed E-state index contributed by atoms with van der Waals surface area (Å²) in [7, 11) is 3.50. The van der Waals surface area contributed by atoms with E-state index in [1.54, 1.807) is 14.2 Å². The van der Waals surface area contributed by atoms with E-state index in [-0.39, 0.29) is 11.6 Å². The van der Waals surface area contributed by atoms with Crippen LogP contribution in [0.3, 0.4) is 0 Å². The average Bonchev–Trinajstić information content (AvgIpc) is 2.43. The average molecular weight is 279 g/mol. The molecule has 1 unspecified atom stereocenters. The van der Waals surface area contributed by atoms with Crippen molar-refractivity contribution in [3.05, 3.63) is 29.3 Å². The van der Waals surface area contributed by atoms with Gasteiger partial charge in [0.2, 0.25) is 0 Å². The lowest BCUT2D eigenvalue weighted by Gasteiger charge is -2.34. The molecule has 0 radical (unpaired) electrons. The molecule has 0 heterocycles. The van der Waals surface area contributed by atoms with Crippen molar-refractivity contribution in [1.29, 1.82) is 0 Å². The number of rotatable bonds is 8. The summed E-state index contributed by atoms with van der Waals surface area (Å²) < 4.78 is 11.2. The zero-order chi connectivity index (χ0) is 15.2. The van der Waals surface area contributed by atoms with Crippen LogP contribution in [-0.4, -0.2) is 32.4 Å². The van der Waals surface area contributed by atoms with Crippen molar-refractivity contribution in [3.8, 4) is 5.75 Å². The second kappa shape index (κ2) is 7.65. The Morgan fingerprint density at radius 1 is 1.25 bits per heavy atom. The zero-order valence-electron chi connectivity index (χ0n) is 13.7. The molecular formula is C17H29NO2. The van der Waals surface area contributed by atoms with Gasteiger partial charge in [0.15, 0.2) is 0 Å². The van der Waals surface area contributed by atoms with Crippen molar-refractivity contribution >= 4 is 0 Å². The van der Waals surface area contributed by atoms with E-state index in [0.717, 1.165) is 25.1 Å². The molecule has 0 bridgehead atoms. The molecule has 1 aromatic rings. The molecule has 0 fully saturated rings. The second-order valence-corrected chi connectivity index (χ2v) is 5.83. The number of ether oxygens (including phenoxy) is 2. The zero-order valence-corrected chi connectivity index (χ0v) is 13.7. The van der Waals surface area contributed by atoms with Crippen molar-refractivity contribution in [2.24, 2.45) is 0 Å². The molecule has 3 heteroatoms. The topological polar surface area (TPSA) is 30.5 Å². The van der Waals surface area contributed by atoms with Gasteiger partial charge < -0.3 is 14.8 Å². The maximum Gasteiger partial charge on any atom is 0.122 e. The van der Waals surface area contributed by atoms with E-state index in [2.05, 4.69) is 45.1 Å². The molecule has 0 saturated heterocycles. The van der Waals surface area contributed by atoms with Gasteiger partial charge in [0.05, 0.1) is 12.7 Å². The first-order chi connectivity index (χ1) is 9.44. The predicted molar refractivity (Wildman–Crippen MR) is 84.6 cm³/mol. The monoisotopic (exact) mass is 279 g/mol.